The van der Waals surface area contributed by atoms with Crippen LogP contribution >= 0.6 is 11.3 Å². The zero-order chi connectivity index (χ0) is 14.3. The Hall–Kier alpha value is -0.700. The Bertz CT molecular complexity index is 549. The van der Waals surface area contributed by atoms with Crippen molar-refractivity contribution in [1.82, 2.24) is 9.88 Å². The van der Waals surface area contributed by atoms with Crippen LogP contribution in [-0.2, 0) is 10.0 Å². The summed E-state index contributed by atoms with van der Waals surface area (Å²) in [5.74, 6) is 0. The van der Waals surface area contributed by atoms with Gasteiger partial charge in [0.25, 0.3) is 0 Å². The SMILES string of the molecule is CN(CC1(N(C)C)CCC1)c1ncc(S(N)(=O)=O)s1. The number of nitrogens with two attached hydrogens (primary N) is 1. The number of anilines is 1. The molecule has 19 heavy (non-hydrogen) atoms. The average molecular weight is 304 g/mol. The standard InChI is InChI=1S/C11H20N4O2S2/c1-14(2)11(5-4-6-11)8-15(3)10-13-7-9(18-10)19(12,16)17/h7H,4-6,8H2,1-3H3,(H2,12,16,17). The Balaban J connectivity index is 2.12. The van der Waals surface area contributed by atoms with Gasteiger partial charge in [0, 0.05) is 19.1 Å². The third kappa shape index (κ3) is 2.91. The maximum atomic E-state index is 11.3. The molecule has 0 unspecified atom stereocenters. The summed E-state index contributed by atoms with van der Waals surface area (Å²) in [5.41, 5.74) is 0.183. The summed E-state index contributed by atoms with van der Waals surface area (Å²) in [6, 6.07) is 0. The number of rotatable bonds is 5. The number of hydrogen-bond acceptors (Lipinski definition) is 6. The van der Waals surface area contributed by atoms with Gasteiger partial charge in [-0.05, 0) is 33.4 Å². The van der Waals surface area contributed by atoms with Gasteiger partial charge < -0.3 is 9.80 Å². The third-order valence-electron chi connectivity index (χ3n) is 3.84. The van der Waals surface area contributed by atoms with Gasteiger partial charge in [0.2, 0.25) is 10.0 Å². The number of primary sulfonamides is 1. The van der Waals surface area contributed by atoms with E-state index in [0.717, 1.165) is 30.7 Å². The second-order valence-corrected chi connectivity index (χ2v) is 8.13. The molecule has 1 saturated carbocycles. The Morgan fingerprint density at radius 2 is 2.05 bits per heavy atom. The van der Waals surface area contributed by atoms with Gasteiger partial charge in [0.15, 0.2) is 9.34 Å². The highest BCUT2D eigenvalue weighted by molar-refractivity contribution is 7.91. The summed E-state index contributed by atoms with van der Waals surface area (Å²) < 4.78 is 22.6. The number of sulfonamides is 1. The molecule has 0 aliphatic heterocycles. The molecule has 1 heterocycles. The third-order valence-corrected chi connectivity index (χ3v) is 6.36. The highest BCUT2D eigenvalue weighted by atomic mass is 32.2. The van der Waals surface area contributed by atoms with Crippen molar-refractivity contribution in [1.29, 1.82) is 0 Å². The van der Waals surface area contributed by atoms with E-state index in [9.17, 15) is 8.42 Å². The van der Waals surface area contributed by atoms with Crippen LogP contribution < -0.4 is 10.0 Å². The van der Waals surface area contributed by atoms with Crippen molar-refractivity contribution in [2.45, 2.75) is 29.0 Å². The molecule has 0 bridgehead atoms. The predicted molar refractivity (Wildman–Crippen MR) is 77.0 cm³/mol. The first-order valence-corrected chi connectivity index (χ1v) is 8.48. The van der Waals surface area contributed by atoms with Gasteiger partial charge in [-0.25, -0.2) is 18.5 Å². The predicted octanol–water partition coefficient (Wildman–Crippen LogP) is 0.711. The quantitative estimate of drug-likeness (QED) is 0.866. The highest BCUT2D eigenvalue weighted by Crippen LogP contribution is 2.38. The van der Waals surface area contributed by atoms with Crippen LogP contribution in [0.1, 0.15) is 19.3 Å². The number of aromatic nitrogens is 1. The Kier molecular flexibility index (Phi) is 3.87. The Morgan fingerprint density at radius 3 is 2.42 bits per heavy atom. The fourth-order valence-corrected chi connectivity index (χ4v) is 3.90. The van der Waals surface area contributed by atoms with E-state index in [2.05, 4.69) is 24.0 Å². The van der Waals surface area contributed by atoms with Gasteiger partial charge in [-0.1, -0.05) is 11.3 Å². The van der Waals surface area contributed by atoms with E-state index >= 15 is 0 Å². The molecule has 1 aromatic heterocycles. The fourth-order valence-electron chi connectivity index (χ4n) is 2.40. The van der Waals surface area contributed by atoms with Crippen LogP contribution in [0.5, 0.6) is 0 Å². The van der Waals surface area contributed by atoms with Crippen LogP contribution in [0.25, 0.3) is 0 Å². The van der Waals surface area contributed by atoms with Crippen molar-refractivity contribution >= 4 is 26.5 Å². The van der Waals surface area contributed by atoms with E-state index in [1.165, 1.54) is 12.6 Å². The topological polar surface area (TPSA) is 79.5 Å². The van der Waals surface area contributed by atoms with Gasteiger partial charge in [0.05, 0.1) is 6.20 Å². The van der Waals surface area contributed by atoms with Crippen LogP contribution in [0, 0.1) is 0 Å². The fraction of sp³-hybridized carbons (Fsp3) is 0.727. The average Bonchev–Trinajstić information content (AvgIpc) is 2.70. The molecule has 1 aliphatic carbocycles. The van der Waals surface area contributed by atoms with Crippen molar-refractivity contribution in [2.75, 3.05) is 32.6 Å². The van der Waals surface area contributed by atoms with Crippen molar-refractivity contribution in [3.05, 3.63) is 6.20 Å². The molecule has 0 radical (unpaired) electrons. The van der Waals surface area contributed by atoms with Crippen molar-refractivity contribution in [3.63, 3.8) is 0 Å². The van der Waals surface area contributed by atoms with Crippen molar-refractivity contribution in [3.8, 4) is 0 Å². The van der Waals surface area contributed by atoms with Gasteiger partial charge in [0.1, 0.15) is 0 Å². The molecule has 1 fully saturated rings. The zero-order valence-corrected chi connectivity index (χ0v) is 13.1. The van der Waals surface area contributed by atoms with Gasteiger partial charge >= 0.3 is 0 Å². The molecule has 1 aromatic rings. The molecule has 0 aromatic carbocycles. The summed E-state index contributed by atoms with van der Waals surface area (Å²) in [5, 5.41) is 5.79. The zero-order valence-electron chi connectivity index (χ0n) is 11.5. The second-order valence-electron chi connectivity index (χ2n) is 5.34. The lowest BCUT2D eigenvalue weighted by Gasteiger charge is -2.49. The molecule has 0 atom stereocenters. The summed E-state index contributed by atoms with van der Waals surface area (Å²) in [6.45, 7) is 0.845. The monoisotopic (exact) mass is 304 g/mol. The summed E-state index contributed by atoms with van der Waals surface area (Å²) in [4.78, 5) is 8.41. The van der Waals surface area contributed by atoms with E-state index in [1.54, 1.807) is 0 Å². The molecule has 8 heteroatoms. The Labute approximate surface area is 118 Å². The van der Waals surface area contributed by atoms with Gasteiger partial charge in [-0.3, -0.25) is 0 Å². The summed E-state index contributed by atoms with van der Waals surface area (Å²) in [6.07, 6.45) is 4.90. The largest absolute Gasteiger partial charge is 0.349 e. The van der Waals surface area contributed by atoms with Gasteiger partial charge in [-0.15, -0.1) is 0 Å². The Morgan fingerprint density at radius 1 is 1.42 bits per heavy atom. The summed E-state index contributed by atoms with van der Waals surface area (Å²) in [7, 11) is 2.47. The van der Waals surface area contributed by atoms with E-state index < -0.39 is 10.0 Å². The first-order valence-electron chi connectivity index (χ1n) is 6.12. The van der Waals surface area contributed by atoms with E-state index in [0.29, 0.717) is 5.13 Å². The highest BCUT2D eigenvalue weighted by Gasteiger charge is 2.40. The first kappa shape index (κ1) is 14.7. The van der Waals surface area contributed by atoms with Crippen LogP contribution in [0.15, 0.2) is 10.4 Å². The van der Waals surface area contributed by atoms with Crippen LogP contribution in [0.4, 0.5) is 5.13 Å². The smallest absolute Gasteiger partial charge is 0.249 e. The lowest BCUT2D eigenvalue weighted by atomic mass is 9.75. The number of hydrogen-bond donors (Lipinski definition) is 1. The minimum Gasteiger partial charge on any atom is -0.349 e. The van der Waals surface area contributed by atoms with Crippen LogP contribution in [0.3, 0.4) is 0 Å². The molecule has 1 aliphatic rings. The lowest BCUT2D eigenvalue weighted by Crippen LogP contribution is -2.56. The van der Waals surface area contributed by atoms with Crippen LogP contribution in [0.2, 0.25) is 0 Å². The van der Waals surface area contributed by atoms with E-state index in [1.807, 2.05) is 11.9 Å². The van der Waals surface area contributed by atoms with Crippen molar-refractivity contribution in [2.24, 2.45) is 5.14 Å². The summed E-state index contributed by atoms with van der Waals surface area (Å²) >= 11 is 1.12. The number of thiazole rings is 1. The molecule has 108 valence electrons. The molecule has 0 amide bonds. The minimum absolute atomic E-state index is 0.113. The molecule has 0 saturated heterocycles. The van der Waals surface area contributed by atoms with E-state index in [-0.39, 0.29) is 9.75 Å². The molecular formula is C11H20N4O2S2. The number of likely N-dealkylation sites (N-methyl/N-ethyl adjacent to an activating group) is 2. The van der Waals surface area contributed by atoms with Gasteiger partial charge in [-0.2, -0.15) is 0 Å². The molecular weight excluding hydrogens is 284 g/mol. The molecule has 6 nitrogen and oxygen atoms in total. The first-order chi connectivity index (χ1) is 8.74. The van der Waals surface area contributed by atoms with Crippen LogP contribution in [-0.4, -0.2) is 51.5 Å². The number of nitrogens with zero attached hydrogens (tertiary/aromatic N) is 3. The molecule has 0 spiro atoms. The second kappa shape index (κ2) is 5.01. The van der Waals surface area contributed by atoms with Crippen molar-refractivity contribution < 1.29 is 8.42 Å². The lowest BCUT2D eigenvalue weighted by molar-refractivity contribution is 0.0683. The maximum Gasteiger partial charge on any atom is 0.249 e. The normalized spacial score (nSPS) is 18.4. The molecule has 2 N–H and O–H groups in total. The maximum absolute atomic E-state index is 11.3. The molecule has 2 rings (SSSR count). The van der Waals surface area contributed by atoms with E-state index in [4.69, 9.17) is 5.14 Å². The minimum atomic E-state index is -3.65.